The zero-order chi connectivity index (χ0) is 16.6. The van der Waals surface area contributed by atoms with E-state index in [-0.39, 0.29) is 20.9 Å². The maximum atomic E-state index is 13.9. The number of nitrogens with one attached hydrogen (secondary N) is 2. The van der Waals surface area contributed by atoms with Crippen LogP contribution < -0.4 is 5.32 Å². The molecule has 0 saturated heterocycles. The Morgan fingerprint density at radius 1 is 1.22 bits per heavy atom. The van der Waals surface area contributed by atoms with Crippen LogP contribution in [0.15, 0.2) is 36.4 Å². The average Bonchev–Trinajstić information content (AvgIpc) is 3.30. The summed E-state index contributed by atoms with van der Waals surface area (Å²) in [6, 6.07) is 9.77. The number of amides is 1. The Hall–Kier alpha value is -1.47. The summed E-state index contributed by atoms with van der Waals surface area (Å²) in [6.07, 6.45) is 2.09. The third-order valence-corrected chi connectivity index (χ3v) is 4.63. The fourth-order valence-corrected chi connectivity index (χ4v) is 3.37. The number of anilines is 1. The molecule has 1 amide bonds. The fraction of sp³-hybridized carbons (Fsp3) is 0.176. The standard InChI is InChI=1S/C17H13ClFIN2O/c18-11-4-1-3-10(9-7-8-9)14(11)17(23)22-13-6-2-5-12(19)15(13)16(20)21/h1-6,9,21H,7-8H2,(H,22,23). The summed E-state index contributed by atoms with van der Waals surface area (Å²) in [5.41, 5.74) is 1.72. The number of carbonyl (C=O) groups is 1. The molecule has 2 N–H and O–H groups in total. The second-order valence-corrected chi connectivity index (χ2v) is 6.89. The highest BCUT2D eigenvalue weighted by molar-refractivity contribution is 14.1. The summed E-state index contributed by atoms with van der Waals surface area (Å²) >= 11 is 7.94. The first kappa shape index (κ1) is 16.4. The lowest BCUT2D eigenvalue weighted by Gasteiger charge is -2.14. The van der Waals surface area contributed by atoms with Gasteiger partial charge in [-0.15, -0.1) is 0 Å². The van der Waals surface area contributed by atoms with E-state index in [1.165, 1.54) is 12.1 Å². The Labute approximate surface area is 151 Å². The molecule has 1 aliphatic carbocycles. The molecular formula is C17H13ClFIN2O. The minimum absolute atomic E-state index is 0.0255. The van der Waals surface area contributed by atoms with Crippen LogP contribution in [0.4, 0.5) is 10.1 Å². The van der Waals surface area contributed by atoms with E-state index in [4.69, 9.17) is 17.0 Å². The van der Waals surface area contributed by atoms with E-state index >= 15 is 0 Å². The minimum Gasteiger partial charge on any atom is -0.321 e. The van der Waals surface area contributed by atoms with E-state index in [0.717, 1.165) is 18.4 Å². The van der Waals surface area contributed by atoms with Crippen LogP contribution in [-0.2, 0) is 0 Å². The largest absolute Gasteiger partial charge is 0.321 e. The zero-order valence-electron chi connectivity index (χ0n) is 12.0. The molecule has 0 bridgehead atoms. The van der Waals surface area contributed by atoms with Crippen molar-refractivity contribution in [1.82, 2.24) is 0 Å². The monoisotopic (exact) mass is 442 g/mol. The first-order valence-corrected chi connectivity index (χ1v) is 8.57. The van der Waals surface area contributed by atoms with Crippen LogP contribution in [0.1, 0.15) is 40.2 Å². The van der Waals surface area contributed by atoms with E-state index in [1.807, 2.05) is 12.1 Å². The molecule has 0 aromatic heterocycles. The maximum Gasteiger partial charge on any atom is 0.257 e. The van der Waals surface area contributed by atoms with Crippen molar-refractivity contribution in [1.29, 1.82) is 5.41 Å². The van der Waals surface area contributed by atoms with Crippen molar-refractivity contribution >= 4 is 49.5 Å². The molecule has 0 heterocycles. The number of rotatable bonds is 4. The van der Waals surface area contributed by atoms with Gasteiger partial charge in [-0.2, -0.15) is 0 Å². The van der Waals surface area contributed by atoms with E-state index in [1.54, 1.807) is 34.7 Å². The number of carbonyl (C=O) groups excluding carboxylic acids is 1. The lowest BCUT2D eigenvalue weighted by Crippen LogP contribution is -2.17. The summed E-state index contributed by atoms with van der Waals surface area (Å²) in [5.74, 6) is -0.546. The van der Waals surface area contributed by atoms with E-state index in [0.29, 0.717) is 16.5 Å². The Morgan fingerprint density at radius 3 is 2.57 bits per heavy atom. The van der Waals surface area contributed by atoms with Gasteiger partial charge in [-0.3, -0.25) is 10.2 Å². The van der Waals surface area contributed by atoms with Crippen molar-refractivity contribution in [2.75, 3.05) is 5.32 Å². The summed E-state index contributed by atoms with van der Waals surface area (Å²) < 4.78 is 14.0. The van der Waals surface area contributed by atoms with Crippen LogP contribution >= 0.6 is 34.2 Å². The molecule has 1 fully saturated rings. The van der Waals surface area contributed by atoms with Gasteiger partial charge in [0.05, 0.1) is 21.8 Å². The third kappa shape index (κ3) is 3.40. The van der Waals surface area contributed by atoms with Gasteiger partial charge in [-0.05, 0) is 65.1 Å². The van der Waals surface area contributed by atoms with Gasteiger partial charge in [0.2, 0.25) is 0 Å². The Morgan fingerprint density at radius 2 is 1.91 bits per heavy atom. The molecule has 3 rings (SSSR count). The summed E-state index contributed by atoms with van der Waals surface area (Å²) in [5, 5.41) is 10.8. The van der Waals surface area contributed by atoms with Crippen molar-refractivity contribution in [3.8, 4) is 0 Å². The highest BCUT2D eigenvalue weighted by Crippen LogP contribution is 2.43. The van der Waals surface area contributed by atoms with Crippen LogP contribution in [0.3, 0.4) is 0 Å². The highest BCUT2D eigenvalue weighted by atomic mass is 127. The molecule has 1 saturated carbocycles. The summed E-state index contributed by atoms with van der Waals surface area (Å²) in [4.78, 5) is 12.7. The molecule has 0 spiro atoms. The summed E-state index contributed by atoms with van der Waals surface area (Å²) in [6.45, 7) is 0. The van der Waals surface area contributed by atoms with Crippen molar-refractivity contribution in [3.05, 3.63) is 63.9 Å². The zero-order valence-corrected chi connectivity index (χ0v) is 14.9. The van der Waals surface area contributed by atoms with Gasteiger partial charge in [-0.1, -0.05) is 29.8 Å². The van der Waals surface area contributed by atoms with Crippen molar-refractivity contribution in [2.45, 2.75) is 18.8 Å². The fourth-order valence-electron chi connectivity index (χ4n) is 2.55. The third-order valence-electron chi connectivity index (χ3n) is 3.77. The van der Waals surface area contributed by atoms with Gasteiger partial charge in [0.15, 0.2) is 0 Å². The van der Waals surface area contributed by atoms with Crippen LogP contribution in [0, 0.1) is 11.2 Å². The lowest BCUT2D eigenvalue weighted by molar-refractivity contribution is 0.102. The van der Waals surface area contributed by atoms with Crippen LogP contribution in [-0.4, -0.2) is 9.63 Å². The van der Waals surface area contributed by atoms with E-state index < -0.39 is 5.82 Å². The molecule has 0 aliphatic heterocycles. The average molecular weight is 443 g/mol. The predicted octanol–water partition coefficient (Wildman–Crippen LogP) is 5.37. The van der Waals surface area contributed by atoms with Gasteiger partial charge in [0, 0.05) is 0 Å². The molecule has 6 heteroatoms. The molecular weight excluding hydrogens is 430 g/mol. The Kier molecular flexibility index (Phi) is 4.68. The Balaban J connectivity index is 1.98. The summed E-state index contributed by atoms with van der Waals surface area (Å²) in [7, 11) is 0. The molecule has 1 aliphatic rings. The van der Waals surface area contributed by atoms with Gasteiger partial charge >= 0.3 is 0 Å². The highest BCUT2D eigenvalue weighted by Gasteiger charge is 2.29. The first-order chi connectivity index (χ1) is 11.0. The van der Waals surface area contributed by atoms with Crippen LogP contribution in [0.25, 0.3) is 0 Å². The quantitative estimate of drug-likeness (QED) is 0.485. The molecule has 0 unspecified atom stereocenters. The molecule has 2 aromatic rings. The molecule has 2 aromatic carbocycles. The van der Waals surface area contributed by atoms with Crippen molar-refractivity contribution < 1.29 is 9.18 Å². The van der Waals surface area contributed by atoms with E-state index in [9.17, 15) is 9.18 Å². The molecule has 0 radical (unpaired) electrons. The molecule has 23 heavy (non-hydrogen) atoms. The molecule has 0 atom stereocenters. The number of hydrogen-bond acceptors (Lipinski definition) is 2. The normalized spacial score (nSPS) is 13.7. The Bertz CT molecular complexity index is 805. The van der Waals surface area contributed by atoms with Crippen LogP contribution in [0.5, 0.6) is 0 Å². The number of benzene rings is 2. The minimum atomic E-state index is -0.538. The van der Waals surface area contributed by atoms with Gasteiger partial charge in [-0.25, -0.2) is 4.39 Å². The maximum absolute atomic E-state index is 13.9. The molecule has 118 valence electrons. The van der Waals surface area contributed by atoms with E-state index in [2.05, 4.69) is 5.32 Å². The first-order valence-electron chi connectivity index (χ1n) is 7.11. The number of halogens is 3. The number of hydrogen-bond donors (Lipinski definition) is 2. The second kappa shape index (κ2) is 6.57. The van der Waals surface area contributed by atoms with Gasteiger partial charge in [0.1, 0.15) is 9.54 Å². The topological polar surface area (TPSA) is 53.0 Å². The molecule has 3 nitrogen and oxygen atoms in total. The predicted molar refractivity (Wildman–Crippen MR) is 98.6 cm³/mol. The second-order valence-electron chi connectivity index (χ2n) is 5.41. The van der Waals surface area contributed by atoms with Crippen molar-refractivity contribution in [3.63, 3.8) is 0 Å². The lowest BCUT2D eigenvalue weighted by atomic mass is 10.0. The van der Waals surface area contributed by atoms with Gasteiger partial charge in [0.25, 0.3) is 5.91 Å². The van der Waals surface area contributed by atoms with Crippen molar-refractivity contribution in [2.24, 2.45) is 0 Å². The smallest absolute Gasteiger partial charge is 0.257 e. The van der Waals surface area contributed by atoms with Crippen LogP contribution in [0.2, 0.25) is 5.02 Å². The SMILES string of the molecule is N=C(I)c1c(F)cccc1NC(=O)c1c(Cl)cccc1C1CC1. The van der Waals surface area contributed by atoms with Gasteiger partial charge < -0.3 is 5.32 Å².